The van der Waals surface area contributed by atoms with Crippen molar-refractivity contribution >= 4 is 28.7 Å². The summed E-state index contributed by atoms with van der Waals surface area (Å²) in [5, 5.41) is 16.2. The fourth-order valence-electron chi connectivity index (χ4n) is 1.99. The van der Waals surface area contributed by atoms with Crippen LogP contribution in [0.2, 0.25) is 0 Å². The lowest BCUT2D eigenvalue weighted by Gasteiger charge is -2.09. The molecule has 8 nitrogen and oxygen atoms in total. The number of hydrogen-bond donors (Lipinski definition) is 2. The molecule has 0 radical (unpaired) electrons. The summed E-state index contributed by atoms with van der Waals surface area (Å²) in [5.41, 5.74) is 0.705. The molecule has 0 aliphatic rings. The summed E-state index contributed by atoms with van der Waals surface area (Å²) in [6.07, 6.45) is 0.771. The molecule has 2 N–H and O–H groups in total. The molecule has 8 heteroatoms. The number of fused-ring (bicyclic) bond motifs is 1. The smallest absolute Gasteiger partial charge is 0.412 e. The third kappa shape index (κ3) is 3.07. The molecule has 116 valence electrons. The number of benzene rings is 1. The molecule has 0 fully saturated rings. The van der Waals surface area contributed by atoms with Crippen molar-refractivity contribution in [2.45, 2.75) is 6.73 Å². The second kappa shape index (κ2) is 6.72. The van der Waals surface area contributed by atoms with Gasteiger partial charge in [0.2, 0.25) is 0 Å². The highest BCUT2D eigenvalue weighted by atomic mass is 16.5. The summed E-state index contributed by atoms with van der Waals surface area (Å²) >= 11 is 0. The number of para-hydroxylation sites is 1. The van der Waals surface area contributed by atoms with Gasteiger partial charge in [-0.3, -0.25) is 5.32 Å². The van der Waals surface area contributed by atoms with E-state index >= 15 is 0 Å². The number of aromatic carboxylic acids is 1. The van der Waals surface area contributed by atoms with Crippen LogP contribution in [0.4, 0.5) is 10.5 Å². The zero-order valence-electron chi connectivity index (χ0n) is 11.9. The van der Waals surface area contributed by atoms with Gasteiger partial charge in [0.05, 0.1) is 11.2 Å². The maximum atomic E-state index is 11.7. The van der Waals surface area contributed by atoms with Gasteiger partial charge in [0.1, 0.15) is 13.3 Å². The number of nitrogens with zero attached hydrogens (tertiary/aromatic N) is 2. The van der Waals surface area contributed by atoms with Gasteiger partial charge < -0.3 is 14.6 Å². The number of ether oxygens (including phenoxy) is 2. The Hall–Kier alpha value is -2.87. The molecule has 2 rings (SSSR count). The van der Waals surface area contributed by atoms with Crippen LogP contribution >= 0.6 is 0 Å². The van der Waals surface area contributed by atoms with E-state index in [4.69, 9.17) is 9.47 Å². The summed E-state index contributed by atoms with van der Waals surface area (Å²) in [4.78, 5) is 22.9. The molecule has 0 aliphatic heterocycles. The molecular weight excluding hydrogens is 290 g/mol. The van der Waals surface area contributed by atoms with E-state index in [9.17, 15) is 14.7 Å². The van der Waals surface area contributed by atoms with E-state index in [0.717, 1.165) is 0 Å². The van der Waals surface area contributed by atoms with Gasteiger partial charge in [0, 0.05) is 12.5 Å². The molecular formula is C14H15N3O5. The molecule has 22 heavy (non-hydrogen) atoms. The summed E-state index contributed by atoms with van der Waals surface area (Å²) < 4.78 is 11.2. The van der Waals surface area contributed by atoms with Crippen molar-refractivity contribution < 1.29 is 24.2 Å². The first kappa shape index (κ1) is 15.5. The number of rotatable bonds is 6. The number of amides is 1. The van der Waals surface area contributed by atoms with Crippen LogP contribution in [0.15, 0.2) is 30.9 Å². The fourth-order valence-corrected chi connectivity index (χ4v) is 1.99. The average molecular weight is 305 g/mol. The zero-order chi connectivity index (χ0) is 16.1. The van der Waals surface area contributed by atoms with Crippen molar-refractivity contribution in [2.24, 2.45) is 0 Å². The Morgan fingerprint density at radius 3 is 2.91 bits per heavy atom. The standard InChI is InChI=1S/C14H15N3O5/c1-3-7-22-14(20)15-10-6-4-5-9-11(13(18)19)16-17(8-21-2)12(9)10/h3-6H,1,7-8H2,2H3,(H,15,20)(H,18,19). The zero-order valence-corrected chi connectivity index (χ0v) is 11.9. The van der Waals surface area contributed by atoms with Crippen molar-refractivity contribution in [3.05, 3.63) is 36.5 Å². The van der Waals surface area contributed by atoms with Crippen molar-refractivity contribution in [3.63, 3.8) is 0 Å². The topological polar surface area (TPSA) is 103 Å². The molecule has 1 aromatic carbocycles. The minimum absolute atomic E-state index is 0.0458. The van der Waals surface area contributed by atoms with Gasteiger partial charge >= 0.3 is 12.1 Å². The predicted molar refractivity (Wildman–Crippen MR) is 78.9 cm³/mol. The van der Waals surface area contributed by atoms with E-state index in [1.165, 1.54) is 17.9 Å². The second-order valence-corrected chi connectivity index (χ2v) is 4.28. The van der Waals surface area contributed by atoms with Gasteiger partial charge in [-0.25, -0.2) is 14.3 Å². The number of methoxy groups -OCH3 is 1. The van der Waals surface area contributed by atoms with Gasteiger partial charge in [-0.2, -0.15) is 5.10 Å². The molecule has 2 aromatic rings. The highest BCUT2D eigenvalue weighted by Gasteiger charge is 2.19. The second-order valence-electron chi connectivity index (χ2n) is 4.28. The van der Waals surface area contributed by atoms with Crippen molar-refractivity contribution in [3.8, 4) is 0 Å². The lowest BCUT2D eigenvalue weighted by atomic mass is 10.2. The maximum Gasteiger partial charge on any atom is 0.412 e. The summed E-state index contributed by atoms with van der Waals surface area (Å²) in [6.45, 7) is 3.56. The lowest BCUT2D eigenvalue weighted by molar-refractivity contribution is 0.0687. The molecule has 0 unspecified atom stereocenters. The number of carboxylic acids is 1. The highest BCUT2D eigenvalue weighted by molar-refractivity contribution is 6.06. The van der Waals surface area contributed by atoms with Gasteiger partial charge in [-0.05, 0) is 6.07 Å². The first-order valence-electron chi connectivity index (χ1n) is 6.35. The third-order valence-corrected chi connectivity index (χ3v) is 2.79. The van der Waals surface area contributed by atoms with Crippen LogP contribution < -0.4 is 5.32 Å². The van der Waals surface area contributed by atoms with Crippen LogP contribution in [0, 0.1) is 0 Å². The Balaban J connectivity index is 2.48. The fraction of sp³-hybridized carbons (Fsp3) is 0.214. The van der Waals surface area contributed by atoms with E-state index < -0.39 is 12.1 Å². The SMILES string of the molecule is C=CCOC(=O)Nc1cccc2c(C(=O)O)nn(COC)c12. The third-order valence-electron chi connectivity index (χ3n) is 2.79. The maximum absolute atomic E-state index is 11.7. The first-order valence-corrected chi connectivity index (χ1v) is 6.35. The minimum atomic E-state index is -1.16. The number of carbonyl (C=O) groups excluding carboxylic acids is 1. The summed E-state index contributed by atoms with van der Waals surface area (Å²) in [6, 6.07) is 4.85. The highest BCUT2D eigenvalue weighted by Crippen LogP contribution is 2.26. The Morgan fingerprint density at radius 2 is 2.27 bits per heavy atom. The minimum Gasteiger partial charge on any atom is -0.476 e. The Bertz CT molecular complexity index is 723. The molecule has 1 heterocycles. The molecule has 1 aromatic heterocycles. The van der Waals surface area contributed by atoms with E-state index in [1.54, 1.807) is 18.2 Å². The van der Waals surface area contributed by atoms with Crippen LogP contribution in [-0.2, 0) is 16.2 Å². The number of aromatic nitrogens is 2. The van der Waals surface area contributed by atoms with E-state index in [0.29, 0.717) is 16.6 Å². The van der Waals surface area contributed by atoms with Gasteiger partial charge in [0.15, 0.2) is 5.69 Å². The van der Waals surface area contributed by atoms with Crippen LogP contribution in [0.25, 0.3) is 10.9 Å². The van der Waals surface area contributed by atoms with Crippen LogP contribution in [0.1, 0.15) is 10.5 Å². The number of nitrogens with one attached hydrogen (secondary N) is 1. The van der Waals surface area contributed by atoms with Crippen LogP contribution in [-0.4, -0.2) is 40.7 Å². The summed E-state index contributed by atoms with van der Waals surface area (Å²) in [5.74, 6) is -1.16. The molecule has 0 atom stereocenters. The normalized spacial score (nSPS) is 10.4. The first-order chi connectivity index (χ1) is 10.6. The Morgan fingerprint density at radius 1 is 1.50 bits per heavy atom. The molecule has 1 amide bonds. The number of anilines is 1. The number of hydrogen-bond acceptors (Lipinski definition) is 5. The van der Waals surface area contributed by atoms with E-state index in [1.807, 2.05) is 0 Å². The van der Waals surface area contributed by atoms with Crippen molar-refractivity contribution in [2.75, 3.05) is 19.0 Å². The molecule has 0 saturated heterocycles. The Labute approximate surface area is 125 Å². The van der Waals surface area contributed by atoms with E-state index in [-0.39, 0.29) is 19.0 Å². The quantitative estimate of drug-likeness (QED) is 0.792. The average Bonchev–Trinajstić information content (AvgIpc) is 2.86. The van der Waals surface area contributed by atoms with Gasteiger partial charge in [0.25, 0.3) is 0 Å². The molecule has 0 aliphatic carbocycles. The van der Waals surface area contributed by atoms with Crippen molar-refractivity contribution in [1.29, 1.82) is 0 Å². The van der Waals surface area contributed by atoms with Crippen LogP contribution in [0.5, 0.6) is 0 Å². The lowest BCUT2D eigenvalue weighted by Crippen LogP contribution is -2.14. The van der Waals surface area contributed by atoms with Crippen LogP contribution in [0.3, 0.4) is 0 Å². The van der Waals surface area contributed by atoms with Gasteiger partial charge in [-0.1, -0.05) is 24.8 Å². The molecule has 0 saturated carbocycles. The molecule has 0 spiro atoms. The van der Waals surface area contributed by atoms with Crippen molar-refractivity contribution in [1.82, 2.24) is 9.78 Å². The number of carbonyl (C=O) groups is 2. The Kier molecular flexibility index (Phi) is 4.74. The predicted octanol–water partition coefficient (Wildman–Crippen LogP) is 2.07. The molecule has 0 bridgehead atoms. The summed E-state index contributed by atoms with van der Waals surface area (Å²) in [7, 11) is 1.46. The largest absolute Gasteiger partial charge is 0.476 e. The van der Waals surface area contributed by atoms with E-state index in [2.05, 4.69) is 17.0 Å². The van der Waals surface area contributed by atoms with Gasteiger partial charge in [-0.15, -0.1) is 0 Å². The monoisotopic (exact) mass is 305 g/mol. The number of carboxylic acid groups (broad SMARTS) is 1.